The Hall–Kier alpha value is -0.970. The summed E-state index contributed by atoms with van der Waals surface area (Å²) < 4.78 is 13.1. The smallest absolute Gasteiger partial charge is 0.123 e. The van der Waals surface area contributed by atoms with E-state index >= 15 is 0 Å². The molecular weight excluding hydrogens is 281 g/mol. The summed E-state index contributed by atoms with van der Waals surface area (Å²) in [7, 11) is 0. The first-order valence-corrected chi connectivity index (χ1v) is 8.29. The molecule has 1 fully saturated rings. The molecule has 0 amide bonds. The zero-order chi connectivity index (χ0) is 16.2. The van der Waals surface area contributed by atoms with E-state index in [0.29, 0.717) is 18.9 Å². The topological polar surface area (TPSA) is 32.7 Å². The molecule has 1 heterocycles. The van der Waals surface area contributed by atoms with Crippen LogP contribution in [0.4, 0.5) is 4.39 Å². The number of aliphatic hydroxyl groups is 1. The van der Waals surface area contributed by atoms with Crippen LogP contribution in [0.2, 0.25) is 0 Å². The van der Waals surface area contributed by atoms with Crippen molar-refractivity contribution in [2.75, 3.05) is 6.61 Å². The molecule has 0 spiro atoms. The van der Waals surface area contributed by atoms with Crippen LogP contribution in [0, 0.1) is 11.7 Å². The van der Waals surface area contributed by atoms with Crippen LogP contribution in [-0.4, -0.2) is 28.4 Å². The minimum Gasteiger partial charge on any atom is -0.396 e. The Morgan fingerprint density at radius 1 is 1.36 bits per heavy atom. The Labute approximate surface area is 133 Å². The third-order valence-corrected chi connectivity index (χ3v) is 4.47. The highest BCUT2D eigenvalue weighted by atomic mass is 19.1. The van der Waals surface area contributed by atoms with Gasteiger partial charge >= 0.3 is 0 Å². The molecule has 0 radical (unpaired) electrons. The SMILES string of the molecule is CC[C@H]1C[C@@](CCO)(CC(C)C)N(Cc2ccc(F)cc2)O1. The zero-order valence-corrected chi connectivity index (χ0v) is 13.9. The van der Waals surface area contributed by atoms with Crippen molar-refractivity contribution in [2.24, 2.45) is 5.92 Å². The Bertz CT molecular complexity index is 463. The first-order valence-electron chi connectivity index (χ1n) is 8.29. The maximum absolute atomic E-state index is 13.1. The van der Waals surface area contributed by atoms with E-state index < -0.39 is 0 Å². The fourth-order valence-corrected chi connectivity index (χ4v) is 3.52. The molecule has 4 heteroatoms. The van der Waals surface area contributed by atoms with Crippen molar-refractivity contribution in [1.82, 2.24) is 5.06 Å². The van der Waals surface area contributed by atoms with E-state index in [0.717, 1.165) is 24.8 Å². The molecule has 0 aromatic heterocycles. The fraction of sp³-hybridized carbons (Fsp3) is 0.667. The lowest BCUT2D eigenvalue weighted by molar-refractivity contribution is -0.201. The van der Waals surface area contributed by atoms with Gasteiger partial charge in [0.2, 0.25) is 0 Å². The van der Waals surface area contributed by atoms with Gasteiger partial charge in [0.05, 0.1) is 11.6 Å². The summed E-state index contributed by atoms with van der Waals surface area (Å²) in [6.45, 7) is 7.32. The number of hydroxylamine groups is 2. The van der Waals surface area contributed by atoms with E-state index in [1.807, 2.05) is 5.06 Å². The van der Waals surface area contributed by atoms with Gasteiger partial charge in [-0.05, 0) is 49.3 Å². The van der Waals surface area contributed by atoms with Gasteiger partial charge in [-0.2, -0.15) is 5.06 Å². The van der Waals surface area contributed by atoms with Crippen molar-refractivity contribution in [3.8, 4) is 0 Å². The molecule has 1 N–H and O–H groups in total. The van der Waals surface area contributed by atoms with Gasteiger partial charge in [0.25, 0.3) is 0 Å². The van der Waals surface area contributed by atoms with Gasteiger partial charge in [-0.1, -0.05) is 32.9 Å². The summed E-state index contributed by atoms with van der Waals surface area (Å²) in [6.07, 6.45) is 3.81. The minimum absolute atomic E-state index is 0.127. The van der Waals surface area contributed by atoms with E-state index in [4.69, 9.17) is 4.84 Å². The Kier molecular flexibility index (Phi) is 5.95. The van der Waals surface area contributed by atoms with Gasteiger partial charge in [-0.3, -0.25) is 4.84 Å². The standard InChI is InChI=1S/C18H28FNO2/c1-4-17-12-18(9-10-21,11-14(2)3)20(22-17)13-15-5-7-16(19)8-6-15/h5-8,14,17,21H,4,9-13H2,1-3H3/t17-,18+/m0/s1. The summed E-state index contributed by atoms with van der Waals surface area (Å²) in [5.74, 6) is 0.308. The van der Waals surface area contributed by atoms with E-state index in [1.165, 1.54) is 12.1 Å². The molecule has 1 saturated heterocycles. The quantitative estimate of drug-likeness (QED) is 0.829. The first kappa shape index (κ1) is 17.4. The molecule has 0 aliphatic carbocycles. The van der Waals surface area contributed by atoms with Gasteiger partial charge in [-0.25, -0.2) is 4.39 Å². The predicted octanol–water partition coefficient (Wildman–Crippen LogP) is 3.91. The van der Waals surface area contributed by atoms with Gasteiger partial charge in [0.1, 0.15) is 5.82 Å². The lowest BCUT2D eigenvalue weighted by atomic mass is 9.81. The van der Waals surface area contributed by atoms with Gasteiger partial charge in [0.15, 0.2) is 0 Å². The van der Waals surface area contributed by atoms with Gasteiger partial charge in [-0.15, -0.1) is 0 Å². The predicted molar refractivity (Wildman–Crippen MR) is 85.6 cm³/mol. The summed E-state index contributed by atoms with van der Waals surface area (Å²) in [5, 5.41) is 11.6. The van der Waals surface area contributed by atoms with Crippen LogP contribution in [0.25, 0.3) is 0 Å². The lowest BCUT2D eigenvalue weighted by Crippen LogP contribution is -2.44. The molecule has 2 rings (SSSR count). The van der Waals surface area contributed by atoms with Crippen LogP contribution >= 0.6 is 0 Å². The molecule has 3 nitrogen and oxygen atoms in total. The Morgan fingerprint density at radius 2 is 2.05 bits per heavy atom. The third-order valence-electron chi connectivity index (χ3n) is 4.47. The highest BCUT2D eigenvalue weighted by molar-refractivity contribution is 5.16. The molecule has 124 valence electrons. The molecule has 1 aliphatic heterocycles. The summed E-state index contributed by atoms with van der Waals surface area (Å²) in [4.78, 5) is 6.14. The Morgan fingerprint density at radius 3 is 2.59 bits per heavy atom. The van der Waals surface area contributed by atoms with E-state index in [-0.39, 0.29) is 24.1 Å². The second-order valence-corrected chi connectivity index (χ2v) is 6.80. The van der Waals surface area contributed by atoms with Crippen LogP contribution in [-0.2, 0) is 11.4 Å². The van der Waals surface area contributed by atoms with Gasteiger partial charge in [0, 0.05) is 13.2 Å². The molecular formula is C18H28FNO2. The molecule has 1 aliphatic rings. The third kappa shape index (κ3) is 4.06. The number of halogens is 1. The minimum atomic E-state index is -0.221. The molecule has 22 heavy (non-hydrogen) atoms. The maximum Gasteiger partial charge on any atom is 0.123 e. The van der Waals surface area contributed by atoms with E-state index in [2.05, 4.69) is 20.8 Å². The second kappa shape index (κ2) is 7.53. The number of aliphatic hydroxyl groups excluding tert-OH is 1. The number of hydrogen-bond donors (Lipinski definition) is 1. The highest BCUT2D eigenvalue weighted by Gasteiger charge is 2.46. The van der Waals surface area contributed by atoms with Crippen LogP contribution in [0.5, 0.6) is 0 Å². The molecule has 1 aromatic rings. The van der Waals surface area contributed by atoms with Crippen molar-refractivity contribution in [3.05, 3.63) is 35.6 Å². The summed E-state index contributed by atoms with van der Waals surface area (Å²) in [6, 6.07) is 6.58. The van der Waals surface area contributed by atoms with Gasteiger partial charge < -0.3 is 5.11 Å². The van der Waals surface area contributed by atoms with E-state index in [9.17, 15) is 9.50 Å². The lowest BCUT2D eigenvalue weighted by Gasteiger charge is -2.37. The highest BCUT2D eigenvalue weighted by Crippen LogP contribution is 2.41. The molecule has 0 unspecified atom stereocenters. The monoisotopic (exact) mass is 309 g/mol. The maximum atomic E-state index is 13.1. The molecule has 1 aromatic carbocycles. The summed E-state index contributed by atoms with van der Waals surface area (Å²) in [5.41, 5.74) is 0.905. The van der Waals surface area contributed by atoms with Crippen LogP contribution in [0.3, 0.4) is 0 Å². The van der Waals surface area contributed by atoms with Crippen LogP contribution < -0.4 is 0 Å². The van der Waals surface area contributed by atoms with Crippen molar-refractivity contribution >= 4 is 0 Å². The van der Waals surface area contributed by atoms with Crippen LogP contribution in [0.15, 0.2) is 24.3 Å². The number of rotatable bonds is 7. The van der Waals surface area contributed by atoms with Crippen molar-refractivity contribution in [1.29, 1.82) is 0 Å². The second-order valence-electron chi connectivity index (χ2n) is 6.80. The van der Waals surface area contributed by atoms with Crippen molar-refractivity contribution in [2.45, 2.75) is 64.6 Å². The number of nitrogens with zero attached hydrogens (tertiary/aromatic N) is 1. The molecule has 0 saturated carbocycles. The average molecular weight is 309 g/mol. The fourth-order valence-electron chi connectivity index (χ4n) is 3.52. The average Bonchev–Trinajstić information content (AvgIpc) is 2.79. The first-order chi connectivity index (χ1) is 10.5. The van der Waals surface area contributed by atoms with E-state index in [1.54, 1.807) is 12.1 Å². The Balaban J connectivity index is 2.21. The molecule has 2 atom stereocenters. The number of hydrogen-bond acceptors (Lipinski definition) is 3. The largest absolute Gasteiger partial charge is 0.396 e. The van der Waals surface area contributed by atoms with Crippen molar-refractivity contribution < 1.29 is 14.3 Å². The molecule has 0 bridgehead atoms. The summed E-state index contributed by atoms with van der Waals surface area (Å²) >= 11 is 0. The van der Waals surface area contributed by atoms with Crippen LogP contribution in [0.1, 0.15) is 52.0 Å². The normalized spacial score (nSPS) is 26.0. The number of benzene rings is 1. The zero-order valence-electron chi connectivity index (χ0n) is 13.9. The van der Waals surface area contributed by atoms with Crippen molar-refractivity contribution in [3.63, 3.8) is 0 Å².